The number of ether oxygens (including phenoxy) is 1. The lowest BCUT2D eigenvalue weighted by atomic mass is 9.97. The third-order valence-corrected chi connectivity index (χ3v) is 6.76. The number of amides is 2. The average Bonchev–Trinajstić information content (AvgIpc) is 2.75. The molecule has 32 heavy (non-hydrogen) atoms. The number of aliphatic hydroxyl groups excluding tert-OH is 1. The highest BCUT2D eigenvalue weighted by atomic mass is 32.2. The van der Waals surface area contributed by atoms with E-state index in [4.69, 9.17) is 4.74 Å². The Labute approximate surface area is 187 Å². The minimum Gasteiger partial charge on any atom is -0.394 e. The van der Waals surface area contributed by atoms with Crippen molar-refractivity contribution >= 4 is 21.7 Å². The molecule has 0 radical (unpaired) electrons. The van der Waals surface area contributed by atoms with Gasteiger partial charge in [-0.3, -0.25) is 0 Å². The van der Waals surface area contributed by atoms with Gasteiger partial charge in [-0.1, -0.05) is 23.8 Å². The van der Waals surface area contributed by atoms with E-state index < -0.39 is 34.0 Å². The molecule has 8 nitrogen and oxygen atoms in total. The van der Waals surface area contributed by atoms with E-state index in [1.807, 2.05) is 6.92 Å². The van der Waals surface area contributed by atoms with Crippen molar-refractivity contribution in [1.82, 2.24) is 10.0 Å². The molecule has 1 aliphatic heterocycles. The van der Waals surface area contributed by atoms with Crippen molar-refractivity contribution in [2.24, 2.45) is 0 Å². The second-order valence-corrected chi connectivity index (χ2v) is 9.54. The maximum absolute atomic E-state index is 13.3. The van der Waals surface area contributed by atoms with Crippen LogP contribution in [0.1, 0.15) is 24.8 Å². The monoisotopic (exact) mass is 465 g/mol. The maximum atomic E-state index is 13.3. The van der Waals surface area contributed by atoms with Crippen LogP contribution in [0, 0.1) is 12.7 Å². The summed E-state index contributed by atoms with van der Waals surface area (Å²) in [6.45, 7) is 1.78. The predicted molar refractivity (Wildman–Crippen MR) is 118 cm³/mol. The lowest BCUT2D eigenvalue weighted by Gasteiger charge is -2.36. The minimum atomic E-state index is -3.60. The fourth-order valence-corrected chi connectivity index (χ4v) is 4.61. The molecule has 0 unspecified atom stereocenters. The van der Waals surface area contributed by atoms with Crippen molar-refractivity contribution in [1.29, 1.82) is 0 Å². The highest BCUT2D eigenvalue weighted by Crippen LogP contribution is 2.22. The zero-order valence-corrected chi connectivity index (χ0v) is 18.6. The van der Waals surface area contributed by atoms with Crippen LogP contribution in [0.25, 0.3) is 0 Å². The van der Waals surface area contributed by atoms with E-state index >= 15 is 0 Å². The van der Waals surface area contributed by atoms with Crippen molar-refractivity contribution in [3.05, 3.63) is 59.9 Å². The van der Waals surface area contributed by atoms with Crippen LogP contribution in [0.2, 0.25) is 0 Å². The number of urea groups is 1. The van der Waals surface area contributed by atoms with Crippen molar-refractivity contribution in [2.45, 2.75) is 49.3 Å². The van der Waals surface area contributed by atoms with Crippen LogP contribution in [-0.4, -0.2) is 51.0 Å². The number of carbonyl (C=O) groups excluding carboxylic acids is 1. The van der Waals surface area contributed by atoms with Gasteiger partial charge < -0.3 is 20.5 Å². The van der Waals surface area contributed by atoms with Crippen LogP contribution < -0.4 is 15.4 Å². The van der Waals surface area contributed by atoms with Crippen molar-refractivity contribution in [2.75, 3.05) is 18.5 Å². The first-order valence-electron chi connectivity index (χ1n) is 10.4. The minimum absolute atomic E-state index is 0.192. The highest BCUT2D eigenvalue weighted by Gasteiger charge is 2.32. The Morgan fingerprint density at radius 2 is 1.94 bits per heavy atom. The number of carbonyl (C=O) groups is 1. The first-order chi connectivity index (χ1) is 15.3. The number of aliphatic hydroxyl groups is 1. The normalized spacial score (nSPS) is 21.2. The number of hydrogen-bond acceptors (Lipinski definition) is 5. The van der Waals surface area contributed by atoms with Crippen LogP contribution in [0.4, 0.5) is 14.9 Å². The first kappa shape index (κ1) is 24.1. The molecule has 10 heteroatoms. The van der Waals surface area contributed by atoms with E-state index in [2.05, 4.69) is 15.4 Å². The van der Waals surface area contributed by atoms with E-state index in [-0.39, 0.29) is 24.2 Å². The van der Waals surface area contributed by atoms with E-state index in [0.29, 0.717) is 24.9 Å². The molecular formula is C22H28FN3O5S. The van der Waals surface area contributed by atoms with E-state index in [9.17, 15) is 22.7 Å². The van der Waals surface area contributed by atoms with E-state index in [1.165, 1.54) is 18.2 Å². The van der Waals surface area contributed by atoms with Gasteiger partial charge in [-0.25, -0.2) is 22.3 Å². The average molecular weight is 466 g/mol. The van der Waals surface area contributed by atoms with Crippen molar-refractivity contribution < 1.29 is 27.4 Å². The third-order valence-electron chi connectivity index (χ3n) is 5.28. The van der Waals surface area contributed by atoms with Crippen LogP contribution in [0.3, 0.4) is 0 Å². The Hall–Kier alpha value is -2.53. The van der Waals surface area contributed by atoms with Crippen LogP contribution in [0.15, 0.2) is 53.4 Å². The summed E-state index contributed by atoms with van der Waals surface area (Å²) in [6.07, 6.45) is 0.701. The van der Waals surface area contributed by atoms with Gasteiger partial charge in [0.25, 0.3) is 0 Å². The molecule has 0 aromatic heterocycles. The largest absolute Gasteiger partial charge is 0.394 e. The number of rotatable bonds is 8. The molecule has 4 N–H and O–H groups in total. The third kappa shape index (κ3) is 6.73. The topological polar surface area (TPSA) is 117 Å². The molecular weight excluding hydrogens is 437 g/mol. The molecule has 174 valence electrons. The molecule has 1 fully saturated rings. The van der Waals surface area contributed by atoms with Gasteiger partial charge in [-0.15, -0.1) is 0 Å². The van der Waals surface area contributed by atoms with E-state index in [0.717, 1.165) is 5.56 Å². The van der Waals surface area contributed by atoms with Gasteiger partial charge in [0.05, 0.1) is 23.6 Å². The standard InChI is InChI=1S/C22H28FN3O5S/c1-15-5-8-19(9-6-15)32(29,30)24-12-11-18-7-10-20(21(14-27)31-18)26-22(28)25-17-4-2-3-16(23)13-17/h2-6,8-9,13,18,20-21,24,27H,7,10-12,14H2,1H3,(H2,25,26,28)/t18-,20+,21-/m0/s1. The Morgan fingerprint density at radius 3 is 2.62 bits per heavy atom. The molecule has 0 spiro atoms. The van der Waals surface area contributed by atoms with Crippen LogP contribution in [-0.2, 0) is 14.8 Å². The second kappa shape index (κ2) is 10.9. The predicted octanol–water partition coefficient (Wildman–Crippen LogP) is 2.53. The molecule has 3 atom stereocenters. The molecule has 2 aromatic rings. The van der Waals surface area contributed by atoms with Gasteiger partial charge in [0.1, 0.15) is 11.9 Å². The Bertz CT molecular complexity index is 1020. The van der Waals surface area contributed by atoms with Gasteiger partial charge in [0, 0.05) is 12.2 Å². The smallest absolute Gasteiger partial charge is 0.319 e. The number of sulfonamides is 1. The molecule has 2 aromatic carbocycles. The molecule has 1 aliphatic rings. The number of halogens is 1. The summed E-state index contributed by atoms with van der Waals surface area (Å²) in [5, 5.41) is 15.0. The number of nitrogens with one attached hydrogen (secondary N) is 3. The summed E-state index contributed by atoms with van der Waals surface area (Å²) in [5.41, 5.74) is 1.29. The Balaban J connectivity index is 1.46. The zero-order valence-electron chi connectivity index (χ0n) is 17.8. The quantitative estimate of drug-likeness (QED) is 0.478. The van der Waals surface area contributed by atoms with Crippen molar-refractivity contribution in [3.8, 4) is 0 Å². The lowest BCUT2D eigenvalue weighted by molar-refractivity contribution is -0.0884. The highest BCUT2D eigenvalue weighted by molar-refractivity contribution is 7.89. The molecule has 3 rings (SSSR count). The zero-order chi connectivity index (χ0) is 23.1. The Morgan fingerprint density at radius 1 is 1.19 bits per heavy atom. The summed E-state index contributed by atoms with van der Waals surface area (Å²) >= 11 is 0. The molecule has 0 aliphatic carbocycles. The van der Waals surface area contributed by atoms with E-state index in [1.54, 1.807) is 30.3 Å². The Kier molecular flexibility index (Phi) is 8.19. The lowest BCUT2D eigenvalue weighted by Crippen LogP contribution is -2.52. The fourth-order valence-electron chi connectivity index (χ4n) is 3.57. The van der Waals surface area contributed by atoms with Gasteiger partial charge in [-0.2, -0.15) is 0 Å². The molecule has 1 saturated heterocycles. The first-order valence-corrected chi connectivity index (χ1v) is 11.9. The van der Waals surface area contributed by atoms with Crippen LogP contribution in [0.5, 0.6) is 0 Å². The summed E-state index contributed by atoms with van der Waals surface area (Å²) < 4.78 is 46.5. The number of anilines is 1. The molecule has 1 heterocycles. The van der Waals surface area contributed by atoms with Gasteiger partial charge in [0.2, 0.25) is 10.0 Å². The maximum Gasteiger partial charge on any atom is 0.319 e. The summed E-state index contributed by atoms with van der Waals surface area (Å²) in [6, 6.07) is 11.2. The fraction of sp³-hybridized carbons (Fsp3) is 0.409. The summed E-state index contributed by atoms with van der Waals surface area (Å²) in [4.78, 5) is 12.4. The number of aryl methyl sites for hydroxylation is 1. The van der Waals surface area contributed by atoms with Gasteiger partial charge >= 0.3 is 6.03 Å². The SMILES string of the molecule is Cc1ccc(S(=O)(=O)NCC[C@@H]2CC[C@@H](NC(=O)Nc3cccc(F)c3)[C@H](CO)O2)cc1. The van der Waals surface area contributed by atoms with Crippen molar-refractivity contribution in [3.63, 3.8) is 0 Å². The second-order valence-electron chi connectivity index (χ2n) is 7.77. The summed E-state index contributed by atoms with van der Waals surface area (Å²) in [7, 11) is -3.60. The summed E-state index contributed by atoms with van der Waals surface area (Å²) in [5.74, 6) is -0.460. The molecule has 0 bridgehead atoms. The number of hydrogen-bond donors (Lipinski definition) is 4. The van der Waals surface area contributed by atoms with Crippen LogP contribution >= 0.6 is 0 Å². The number of benzene rings is 2. The van der Waals surface area contributed by atoms with Gasteiger partial charge in [0.15, 0.2) is 0 Å². The molecule has 2 amide bonds. The van der Waals surface area contributed by atoms with Gasteiger partial charge in [-0.05, 0) is 56.5 Å². The molecule has 0 saturated carbocycles.